The Morgan fingerprint density at radius 2 is 1.63 bits per heavy atom. The van der Waals surface area contributed by atoms with Gasteiger partial charge >= 0.3 is 6.09 Å². The summed E-state index contributed by atoms with van der Waals surface area (Å²) < 4.78 is 34.7. The Kier molecular flexibility index (Phi) is 9.52. The summed E-state index contributed by atoms with van der Waals surface area (Å²) in [6.45, 7) is 6.80. The predicted octanol–water partition coefficient (Wildman–Crippen LogP) is 5.54. The van der Waals surface area contributed by atoms with Crippen molar-refractivity contribution in [3.05, 3.63) is 95.8 Å². The largest absolute Gasteiger partial charge is 0.449 e. The number of nitrogens with zero attached hydrogens (tertiary/aromatic N) is 5. The number of carbonyl (C=O) groups is 1. The highest BCUT2D eigenvalue weighted by atomic mass is 32.2. The molecule has 0 bridgehead atoms. The number of fused-ring (bicyclic) bond motifs is 3. The fourth-order valence-electron chi connectivity index (χ4n) is 5.56. The number of aryl methyl sites for hydroxylation is 1. The summed E-state index contributed by atoms with van der Waals surface area (Å²) in [5, 5.41) is 14.9. The number of ether oxygens (including phenoxy) is 1. The number of rotatable bonds is 13. The maximum Gasteiger partial charge on any atom is 0.407 e. The van der Waals surface area contributed by atoms with E-state index >= 15 is 0 Å². The first kappa shape index (κ1) is 30.4. The summed E-state index contributed by atoms with van der Waals surface area (Å²) in [6.07, 6.45) is 1.85. The fraction of sp³-hybridized carbons (Fsp3) is 0.375. The minimum atomic E-state index is -3.84. The summed E-state index contributed by atoms with van der Waals surface area (Å²) in [5.74, 6) is 0.0676. The number of unbranched alkanes of at least 4 members (excludes halogenated alkanes) is 1. The molecule has 226 valence electrons. The Morgan fingerprint density at radius 1 is 0.977 bits per heavy atom. The molecule has 1 heterocycles. The standard InChI is InChI=1S/C32H38N6O4S/c1-23(2)20-37(43(40,41)25-17-15-24(3)16-18-25)31(38-35-22-34-36-38)14-8-9-19-33-32(39)42-21-30-28-12-6-4-10-26(28)27-11-5-7-13-29(27)30/h4-7,10-13,15-18,22-23,30-31H,8-9,14,19-21H2,1-3H3,(H,33,39). The zero-order chi connectivity index (χ0) is 30.4. The van der Waals surface area contributed by atoms with E-state index < -0.39 is 22.3 Å². The second-order valence-corrected chi connectivity index (χ2v) is 13.2. The van der Waals surface area contributed by atoms with Gasteiger partial charge in [0.1, 0.15) is 12.8 Å². The first-order valence-corrected chi connectivity index (χ1v) is 16.1. The molecule has 10 nitrogen and oxygen atoms in total. The number of alkyl carbamates (subject to hydrolysis) is 1. The normalized spacial score (nSPS) is 13.6. The number of benzene rings is 3. The molecule has 5 rings (SSSR count). The van der Waals surface area contributed by atoms with Gasteiger partial charge in [-0.3, -0.25) is 0 Å². The molecule has 0 saturated heterocycles. The van der Waals surface area contributed by atoms with E-state index in [0.717, 1.165) is 16.7 Å². The maximum atomic E-state index is 13.8. The maximum absolute atomic E-state index is 13.8. The number of nitrogens with one attached hydrogen (secondary N) is 1. The minimum Gasteiger partial charge on any atom is -0.449 e. The molecular formula is C32H38N6O4S. The Hall–Kier alpha value is -4.09. The lowest BCUT2D eigenvalue weighted by molar-refractivity contribution is 0.142. The lowest BCUT2D eigenvalue weighted by Crippen LogP contribution is -2.41. The molecule has 0 spiro atoms. The van der Waals surface area contributed by atoms with Crippen LogP contribution in [0.25, 0.3) is 11.1 Å². The Bertz CT molecular complexity index is 1580. The van der Waals surface area contributed by atoms with Crippen molar-refractivity contribution in [2.45, 2.75) is 57.0 Å². The van der Waals surface area contributed by atoms with E-state index in [1.165, 1.54) is 26.6 Å². The van der Waals surface area contributed by atoms with Gasteiger partial charge in [-0.25, -0.2) is 13.2 Å². The third-order valence-electron chi connectivity index (χ3n) is 7.64. The van der Waals surface area contributed by atoms with Gasteiger partial charge in [-0.05, 0) is 71.7 Å². The summed E-state index contributed by atoms with van der Waals surface area (Å²) in [6, 6.07) is 23.3. The van der Waals surface area contributed by atoms with Crippen LogP contribution in [0.5, 0.6) is 0 Å². The SMILES string of the molecule is Cc1ccc(S(=O)(=O)N(CC(C)C)C(CCCCNC(=O)OCC2c3ccccc3-c3ccccc32)n2ncnn2)cc1. The van der Waals surface area contributed by atoms with Gasteiger partial charge in [0.25, 0.3) is 0 Å². The molecule has 0 aliphatic heterocycles. The van der Waals surface area contributed by atoms with E-state index in [1.807, 2.05) is 45.0 Å². The highest BCUT2D eigenvalue weighted by molar-refractivity contribution is 7.89. The number of amides is 1. The van der Waals surface area contributed by atoms with E-state index in [1.54, 1.807) is 24.3 Å². The van der Waals surface area contributed by atoms with Crippen LogP contribution >= 0.6 is 0 Å². The molecule has 0 saturated carbocycles. The van der Waals surface area contributed by atoms with Crippen molar-refractivity contribution in [1.29, 1.82) is 0 Å². The number of sulfonamides is 1. The Balaban J connectivity index is 1.18. The average Bonchev–Trinajstić information content (AvgIpc) is 3.64. The molecule has 1 aliphatic carbocycles. The van der Waals surface area contributed by atoms with Crippen LogP contribution in [-0.4, -0.2) is 58.7 Å². The molecule has 43 heavy (non-hydrogen) atoms. The topological polar surface area (TPSA) is 119 Å². The smallest absolute Gasteiger partial charge is 0.407 e. The third kappa shape index (κ3) is 6.94. The molecule has 1 atom stereocenters. The van der Waals surface area contributed by atoms with Gasteiger partial charge in [-0.1, -0.05) is 80.1 Å². The zero-order valence-corrected chi connectivity index (χ0v) is 25.6. The van der Waals surface area contributed by atoms with E-state index in [9.17, 15) is 13.2 Å². The second-order valence-electron chi connectivity index (χ2n) is 11.3. The van der Waals surface area contributed by atoms with Crippen LogP contribution in [-0.2, 0) is 14.8 Å². The average molecular weight is 603 g/mol. The lowest BCUT2D eigenvalue weighted by atomic mass is 9.98. The number of hydrogen-bond acceptors (Lipinski definition) is 7. The number of hydrogen-bond donors (Lipinski definition) is 1. The van der Waals surface area contributed by atoms with Gasteiger partial charge in [0.05, 0.1) is 4.90 Å². The highest BCUT2D eigenvalue weighted by Crippen LogP contribution is 2.44. The van der Waals surface area contributed by atoms with Gasteiger partial charge in [-0.2, -0.15) is 4.31 Å². The lowest BCUT2D eigenvalue weighted by Gasteiger charge is -2.31. The van der Waals surface area contributed by atoms with Crippen molar-refractivity contribution in [2.75, 3.05) is 19.7 Å². The summed E-state index contributed by atoms with van der Waals surface area (Å²) in [5.41, 5.74) is 5.67. The first-order valence-electron chi connectivity index (χ1n) is 14.7. The molecule has 1 N–H and O–H groups in total. The predicted molar refractivity (Wildman–Crippen MR) is 164 cm³/mol. The van der Waals surface area contributed by atoms with Gasteiger partial charge < -0.3 is 10.1 Å². The van der Waals surface area contributed by atoms with Crippen LogP contribution < -0.4 is 5.32 Å². The van der Waals surface area contributed by atoms with Crippen LogP contribution in [0.1, 0.15) is 61.9 Å². The van der Waals surface area contributed by atoms with E-state index in [4.69, 9.17) is 4.74 Å². The monoisotopic (exact) mass is 602 g/mol. The van der Waals surface area contributed by atoms with Crippen LogP contribution in [0.3, 0.4) is 0 Å². The van der Waals surface area contributed by atoms with Gasteiger partial charge in [0.15, 0.2) is 6.33 Å². The second kappa shape index (κ2) is 13.5. The molecule has 4 aromatic rings. The Labute approximate surface area is 253 Å². The van der Waals surface area contributed by atoms with Gasteiger partial charge in [0, 0.05) is 19.0 Å². The van der Waals surface area contributed by atoms with Crippen LogP contribution in [0, 0.1) is 12.8 Å². The van der Waals surface area contributed by atoms with Crippen molar-refractivity contribution < 1.29 is 17.9 Å². The van der Waals surface area contributed by atoms with Crippen molar-refractivity contribution in [2.24, 2.45) is 5.92 Å². The van der Waals surface area contributed by atoms with E-state index in [-0.39, 0.29) is 23.3 Å². The quantitative estimate of drug-likeness (QED) is 0.200. The van der Waals surface area contributed by atoms with Crippen molar-refractivity contribution >= 4 is 16.1 Å². The molecule has 0 radical (unpaired) electrons. The van der Waals surface area contributed by atoms with E-state index in [2.05, 4.69) is 45.0 Å². The third-order valence-corrected chi connectivity index (χ3v) is 9.52. The molecule has 1 amide bonds. The summed E-state index contributed by atoms with van der Waals surface area (Å²) >= 11 is 0. The molecule has 1 aromatic heterocycles. The number of aromatic nitrogens is 4. The minimum absolute atomic E-state index is 0.00323. The molecule has 3 aromatic carbocycles. The fourth-order valence-corrected chi connectivity index (χ4v) is 7.32. The van der Waals surface area contributed by atoms with Gasteiger partial charge in [-0.15, -0.1) is 15.0 Å². The van der Waals surface area contributed by atoms with Crippen molar-refractivity contribution in [3.8, 4) is 11.1 Å². The summed E-state index contributed by atoms with van der Waals surface area (Å²) in [7, 11) is -3.84. The van der Waals surface area contributed by atoms with Crippen LogP contribution in [0.2, 0.25) is 0 Å². The number of tetrazole rings is 1. The molecule has 1 aliphatic rings. The van der Waals surface area contributed by atoms with Crippen LogP contribution in [0.15, 0.2) is 84.0 Å². The zero-order valence-electron chi connectivity index (χ0n) is 24.8. The van der Waals surface area contributed by atoms with Crippen LogP contribution in [0.4, 0.5) is 4.79 Å². The van der Waals surface area contributed by atoms with Crippen molar-refractivity contribution in [1.82, 2.24) is 29.8 Å². The molecular weight excluding hydrogens is 564 g/mol. The van der Waals surface area contributed by atoms with E-state index in [0.29, 0.717) is 32.4 Å². The Morgan fingerprint density at radius 3 is 2.23 bits per heavy atom. The first-order chi connectivity index (χ1) is 20.8. The molecule has 1 unspecified atom stereocenters. The highest BCUT2D eigenvalue weighted by Gasteiger charge is 2.34. The van der Waals surface area contributed by atoms with Gasteiger partial charge in [0.2, 0.25) is 10.0 Å². The van der Waals surface area contributed by atoms with Crippen molar-refractivity contribution in [3.63, 3.8) is 0 Å². The summed E-state index contributed by atoms with van der Waals surface area (Å²) in [4.78, 5) is 14.2. The molecule has 11 heteroatoms. The number of carbonyl (C=O) groups excluding carboxylic acids is 1. The molecule has 0 fully saturated rings.